The fourth-order valence-electron chi connectivity index (χ4n) is 1.83. The first-order valence-corrected chi connectivity index (χ1v) is 8.35. The van der Waals surface area contributed by atoms with Crippen molar-refractivity contribution >= 4 is 63.7 Å². The van der Waals surface area contributed by atoms with Crippen LogP contribution in [-0.4, -0.2) is 21.0 Å². The molecule has 1 amide bonds. The predicted octanol–water partition coefficient (Wildman–Crippen LogP) is 4.00. The largest absolute Gasteiger partial charge is 0.459 e. The number of rotatable bonds is 4. The summed E-state index contributed by atoms with van der Waals surface area (Å²) < 4.78 is 3.17. The molecule has 0 saturated heterocycles. The number of carbonyl (C=O) groups excluding carboxylic acids is 1. The summed E-state index contributed by atoms with van der Waals surface area (Å²) in [7, 11) is 0. The summed E-state index contributed by atoms with van der Waals surface area (Å²) >= 11 is 22.9. The van der Waals surface area contributed by atoms with Crippen molar-refractivity contribution in [3.8, 4) is 0 Å². The fourth-order valence-corrected chi connectivity index (χ4v) is 2.39. The highest BCUT2D eigenvalue weighted by molar-refractivity contribution is 7.80. The zero-order valence-electron chi connectivity index (χ0n) is 12.5. The standard InChI is InChI=1S/C15H14Cl3N3O2S/c1-9-4-2-5-10(8-9)19-14(24)21-13(15(16,17)18)20-12(22)11-6-3-7-23-11/h2-8,13H,1H3,(H,20,22)(H2,19,21,24)/t13-/m0/s1. The molecule has 0 fully saturated rings. The van der Waals surface area contributed by atoms with Gasteiger partial charge in [-0.15, -0.1) is 0 Å². The van der Waals surface area contributed by atoms with Crippen LogP contribution in [0.5, 0.6) is 0 Å². The van der Waals surface area contributed by atoms with E-state index in [2.05, 4.69) is 16.0 Å². The molecule has 24 heavy (non-hydrogen) atoms. The van der Waals surface area contributed by atoms with Crippen LogP contribution in [0.2, 0.25) is 0 Å². The van der Waals surface area contributed by atoms with Crippen molar-refractivity contribution < 1.29 is 9.21 Å². The first-order valence-electron chi connectivity index (χ1n) is 6.81. The van der Waals surface area contributed by atoms with Gasteiger partial charge in [0.15, 0.2) is 10.9 Å². The van der Waals surface area contributed by atoms with Gasteiger partial charge in [-0.1, -0.05) is 46.9 Å². The molecule has 1 heterocycles. The molecule has 2 aromatic rings. The number of hydrogen-bond donors (Lipinski definition) is 3. The maximum Gasteiger partial charge on any atom is 0.288 e. The van der Waals surface area contributed by atoms with Gasteiger partial charge in [0, 0.05) is 5.69 Å². The minimum atomic E-state index is -1.83. The summed E-state index contributed by atoms with van der Waals surface area (Å²) in [6, 6.07) is 10.7. The number of furan rings is 1. The molecule has 0 aliphatic rings. The van der Waals surface area contributed by atoms with Crippen molar-refractivity contribution in [2.24, 2.45) is 0 Å². The number of carbonyl (C=O) groups is 1. The van der Waals surface area contributed by atoms with Crippen LogP contribution in [0.1, 0.15) is 16.1 Å². The molecule has 0 spiro atoms. The summed E-state index contributed by atoms with van der Waals surface area (Å²) in [5, 5.41) is 8.44. The van der Waals surface area contributed by atoms with Gasteiger partial charge in [-0.05, 0) is 49.0 Å². The zero-order valence-corrected chi connectivity index (χ0v) is 15.6. The number of amides is 1. The number of nitrogens with one attached hydrogen (secondary N) is 3. The van der Waals surface area contributed by atoms with E-state index >= 15 is 0 Å². The lowest BCUT2D eigenvalue weighted by Gasteiger charge is -2.27. The molecule has 3 N–H and O–H groups in total. The van der Waals surface area contributed by atoms with Crippen LogP contribution >= 0.6 is 47.0 Å². The molecule has 0 unspecified atom stereocenters. The van der Waals surface area contributed by atoms with E-state index in [4.69, 9.17) is 51.4 Å². The number of halogens is 3. The van der Waals surface area contributed by atoms with Crippen LogP contribution in [0.15, 0.2) is 47.1 Å². The summed E-state index contributed by atoms with van der Waals surface area (Å²) in [5.74, 6) is -0.448. The highest BCUT2D eigenvalue weighted by atomic mass is 35.6. The molecule has 0 bridgehead atoms. The second-order valence-corrected chi connectivity index (χ2v) is 7.67. The van der Waals surface area contributed by atoms with Crippen molar-refractivity contribution in [1.29, 1.82) is 0 Å². The van der Waals surface area contributed by atoms with Crippen molar-refractivity contribution in [3.05, 3.63) is 54.0 Å². The monoisotopic (exact) mass is 405 g/mol. The third-order valence-corrected chi connectivity index (χ3v) is 3.77. The molecule has 5 nitrogen and oxygen atoms in total. The molecule has 2 rings (SSSR count). The van der Waals surface area contributed by atoms with E-state index in [-0.39, 0.29) is 10.9 Å². The van der Waals surface area contributed by atoms with E-state index in [9.17, 15) is 4.79 Å². The van der Waals surface area contributed by atoms with Crippen molar-refractivity contribution in [2.75, 3.05) is 5.32 Å². The van der Waals surface area contributed by atoms with Gasteiger partial charge in [0.05, 0.1) is 6.26 Å². The van der Waals surface area contributed by atoms with Gasteiger partial charge in [0.25, 0.3) is 5.91 Å². The molecule has 1 atom stereocenters. The van der Waals surface area contributed by atoms with E-state index < -0.39 is 15.9 Å². The van der Waals surface area contributed by atoms with Crippen molar-refractivity contribution in [3.63, 3.8) is 0 Å². The van der Waals surface area contributed by atoms with Gasteiger partial charge in [0.1, 0.15) is 6.17 Å². The SMILES string of the molecule is Cc1cccc(NC(=S)N[C@H](NC(=O)c2ccco2)C(Cl)(Cl)Cl)c1. The van der Waals surface area contributed by atoms with E-state index in [1.54, 1.807) is 6.07 Å². The lowest BCUT2D eigenvalue weighted by molar-refractivity contribution is 0.0906. The first-order chi connectivity index (χ1) is 11.3. The highest BCUT2D eigenvalue weighted by Gasteiger charge is 2.35. The van der Waals surface area contributed by atoms with E-state index in [0.717, 1.165) is 11.3 Å². The quantitative estimate of drug-likeness (QED) is 0.407. The maximum atomic E-state index is 12.1. The summed E-state index contributed by atoms with van der Waals surface area (Å²) in [6.07, 6.45) is 0.307. The Hall–Kier alpha value is -1.47. The third-order valence-electron chi connectivity index (χ3n) is 2.90. The second kappa shape index (κ2) is 8.07. The molecule has 0 saturated carbocycles. The average Bonchev–Trinajstić information content (AvgIpc) is 2.99. The normalized spacial score (nSPS) is 12.3. The second-order valence-electron chi connectivity index (χ2n) is 4.89. The topological polar surface area (TPSA) is 66.3 Å². The number of hydrogen-bond acceptors (Lipinski definition) is 3. The molecular formula is C15H14Cl3N3O2S. The zero-order chi connectivity index (χ0) is 17.7. The highest BCUT2D eigenvalue weighted by Crippen LogP contribution is 2.29. The van der Waals surface area contributed by atoms with Crippen LogP contribution < -0.4 is 16.0 Å². The van der Waals surface area contributed by atoms with Gasteiger partial charge >= 0.3 is 0 Å². The van der Waals surface area contributed by atoms with Crippen LogP contribution in [0, 0.1) is 6.92 Å². The lowest BCUT2D eigenvalue weighted by atomic mass is 10.2. The van der Waals surface area contributed by atoms with Crippen LogP contribution in [-0.2, 0) is 0 Å². The summed E-state index contributed by atoms with van der Waals surface area (Å²) in [4.78, 5) is 12.1. The third kappa shape index (κ3) is 5.56. The number of thiocarbonyl (C=S) groups is 1. The predicted molar refractivity (Wildman–Crippen MR) is 101 cm³/mol. The Labute approximate surface area is 159 Å². The number of alkyl halides is 3. The van der Waals surface area contributed by atoms with Crippen molar-refractivity contribution in [2.45, 2.75) is 16.9 Å². The Balaban J connectivity index is 2.03. The van der Waals surface area contributed by atoms with Gasteiger partial charge in [-0.3, -0.25) is 4.79 Å². The van der Waals surface area contributed by atoms with Gasteiger partial charge in [-0.2, -0.15) is 0 Å². The smallest absolute Gasteiger partial charge is 0.288 e. The molecular weight excluding hydrogens is 393 g/mol. The lowest BCUT2D eigenvalue weighted by Crippen LogP contribution is -2.56. The fraction of sp³-hybridized carbons (Fsp3) is 0.200. The molecule has 128 valence electrons. The Bertz CT molecular complexity index is 717. The van der Waals surface area contributed by atoms with E-state index in [0.29, 0.717) is 0 Å². The Morgan fingerprint density at radius 3 is 2.54 bits per heavy atom. The minimum Gasteiger partial charge on any atom is -0.459 e. The van der Waals surface area contributed by atoms with Gasteiger partial charge < -0.3 is 20.4 Å². The Morgan fingerprint density at radius 2 is 1.96 bits per heavy atom. The molecule has 1 aromatic heterocycles. The average molecular weight is 407 g/mol. The van der Waals surface area contributed by atoms with Gasteiger partial charge in [-0.25, -0.2) is 0 Å². The maximum absolute atomic E-state index is 12.1. The van der Waals surface area contributed by atoms with E-state index in [1.807, 2.05) is 31.2 Å². The molecule has 0 radical (unpaired) electrons. The summed E-state index contributed by atoms with van der Waals surface area (Å²) in [5.41, 5.74) is 1.83. The first kappa shape index (κ1) is 18.9. The molecule has 0 aliphatic carbocycles. The number of aryl methyl sites for hydroxylation is 1. The van der Waals surface area contributed by atoms with Crippen molar-refractivity contribution in [1.82, 2.24) is 10.6 Å². The Morgan fingerprint density at radius 1 is 1.21 bits per heavy atom. The number of anilines is 1. The van der Waals surface area contributed by atoms with Gasteiger partial charge in [0.2, 0.25) is 3.79 Å². The molecule has 1 aromatic carbocycles. The van der Waals surface area contributed by atoms with Crippen LogP contribution in [0.3, 0.4) is 0 Å². The van der Waals surface area contributed by atoms with Crippen LogP contribution in [0.4, 0.5) is 5.69 Å². The number of benzene rings is 1. The summed E-state index contributed by atoms with van der Waals surface area (Å²) in [6.45, 7) is 1.95. The van der Waals surface area contributed by atoms with Crippen LogP contribution in [0.25, 0.3) is 0 Å². The minimum absolute atomic E-state index is 0.0913. The molecule has 9 heteroatoms. The van der Waals surface area contributed by atoms with E-state index in [1.165, 1.54) is 12.3 Å². The molecule has 0 aliphatic heterocycles. The Kier molecular flexibility index (Phi) is 6.34.